The molecule has 0 aliphatic heterocycles. The van der Waals surface area contributed by atoms with Crippen LogP contribution in [-0.4, -0.2) is 33.2 Å². The van der Waals surface area contributed by atoms with Crippen molar-refractivity contribution in [1.29, 1.82) is 0 Å². The van der Waals surface area contributed by atoms with Crippen molar-refractivity contribution in [3.05, 3.63) is 0 Å². The Balaban J connectivity index is 4.18. The summed E-state index contributed by atoms with van der Waals surface area (Å²) in [4.78, 5) is 0. The van der Waals surface area contributed by atoms with E-state index in [1.54, 1.807) is 0 Å². The van der Waals surface area contributed by atoms with Crippen LogP contribution in [0.15, 0.2) is 0 Å². The Labute approximate surface area is 131 Å². The van der Waals surface area contributed by atoms with Crippen LogP contribution in [0, 0.1) is 0 Å². The van der Waals surface area contributed by atoms with Gasteiger partial charge in [-0.1, -0.05) is 39.5 Å². The lowest BCUT2D eigenvalue weighted by Gasteiger charge is -2.31. The molecule has 0 aliphatic rings. The minimum absolute atomic E-state index is 0.160. The molecule has 0 N–H and O–H groups in total. The van der Waals surface area contributed by atoms with Gasteiger partial charge in [-0.3, -0.25) is 0 Å². The third-order valence-electron chi connectivity index (χ3n) is 2.98. The highest BCUT2D eigenvalue weighted by molar-refractivity contribution is 7.99. The van der Waals surface area contributed by atoms with Gasteiger partial charge in [0.1, 0.15) is 0 Å². The summed E-state index contributed by atoms with van der Waals surface area (Å²) in [5, 5.41) is 0. The summed E-state index contributed by atoms with van der Waals surface area (Å²) in [6, 6.07) is 0.912. The van der Waals surface area contributed by atoms with E-state index < -0.39 is 8.80 Å². The molecular weight excluding hydrogens is 288 g/mol. The second-order valence-electron chi connectivity index (χ2n) is 4.92. The lowest BCUT2D eigenvalue weighted by molar-refractivity contribution is 0.0626. The van der Waals surface area contributed by atoms with Gasteiger partial charge in [0.05, 0.1) is 5.44 Å². The van der Waals surface area contributed by atoms with Crippen LogP contribution in [0.5, 0.6) is 0 Å². The van der Waals surface area contributed by atoms with E-state index in [1.165, 1.54) is 25.7 Å². The van der Waals surface area contributed by atoms with Crippen LogP contribution < -0.4 is 0 Å². The van der Waals surface area contributed by atoms with Crippen molar-refractivity contribution in [2.24, 2.45) is 0 Å². The van der Waals surface area contributed by atoms with Crippen molar-refractivity contribution >= 4 is 20.6 Å². The van der Waals surface area contributed by atoms with Gasteiger partial charge in [-0.15, -0.1) is 11.8 Å². The molecule has 20 heavy (non-hydrogen) atoms. The summed E-state index contributed by atoms with van der Waals surface area (Å²) in [7, 11) is -2.45. The molecule has 5 heteroatoms. The molecule has 0 aromatic heterocycles. The second-order valence-corrected chi connectivity index (χ2v) is 9.00. The number of thioether (sulfide) groups is 1. The van der Waals surface area contributed by atoms with E-state index in [0.717, 1.165) is 18.2 Å². The first-order valence-corrected chi connectivity index (χ1v) is 11.2. The molecular formula is C15H34O3SSi. The SMILES string of the molecule is CCCCCCSC(C)O[Si](CCC)(OCC)OCC. The van der Waals surface area contributed by atoms with Crippen molar-refractivity contribution < 1.29 is 13.3 Å². The Morgan fingerprint density at radius 3 is 2.05 bits per heavy atom. The Hall–Kier alpha value is 0.447. The van der Waals surface area contributed by atoms with Crippen molar-refractivity contribution in [2.75, 3.05) is 19.0 Å². The van der Waals surface area contributed by atoms with Crippen LogP contribution in [0.25, 0.3) is 0 Å². The Kier molecular flexibility index (Phi) is 13.4. The standard InChI is InChI=1S/C15H34O3SSi/c1-6-10-11-12-13-19-15(5)18-20(14-7-2,16-8-3)17-9-4/h15H,6-14H2,1-5H3. The molecule has 0 fully saturated rings. The van der Waals surface area contributed by atoms with E-state index in [-0.39, 0.29) is 5.44 Å². The number of unbranched alkanes of at least 4 members (excludes halogenated alkanes) is 3. The Bertz CT molecular complexity index is 200. The van der Waals surface area contributed by atoms with Crippen molar-refractivity contribution in [3.63, 3.8) is 0 Å². The molecule has 0 radical (unpaired) electrons. The van der Waals surface area contributed by atoms with E-state index in [4.69, 9.17) is 13.3 Å². The summed E-state index contributed by atoms with van der Waals surface area (Å²) in [6.07, 6.45) is 6.27. The molecule has 0 aromatic carbocycles. The van der Waals surface area contributed by atoms with Crippen molar-refractivity contribution in [2.45, 2.75) is 78.2 Å². The van der Waals surface area contributed by atoms with Gasteiger partial charge in [0, 0.05) is 19.3 Å². The van der Waals surface area contributed by atoms with Gasteiger partial charge in [-0.25, -0.2) is 0 Å². The molecule has 0 spiro atoms. The maximum Gasteiger partial charge on any atom is 0.501 e. The van der Waals surface area contributed by atoms with E-state index >= 15 is 0 Å². The fourth-order valence-corrected chi connectivity index (χ4v) is 6.16. The predicted octanol–water partition coefficient (Wildman–Crippen LogP) is 5.08. The summed E-state index contributed by atoms with van der Waals surface area (Å²) >= 11 is 1.88. The highest BCUT2D eigenvalue weighted by Crippen LogP contribution is 2.25. The number of rotatable bonds is 14. The third kappa shape index (κ3) is 9.40. The van der Waals surface area contributed by atoms with Crippen molar-refractivity contribution in [1.82, 2.24) is 0 Å². The van der Waals surface area contributed by atoms with E-state index in [9.17, 15) is 0 Å². The normalized spacial score (nSPS) is 13.7. The molecule has 0 heterocycles. The Morgan fingerprint density at radius 1 is 0.900 bits per heavy atom. The van der Waals surface area contributed by atoms with Crippen molar-refractivity contribution in [3.8, 4) is 0 Å². The van der Waals surface area contributed by atoms with Crippen LogP contribution in [0.1, 0.15) is 66.7 Å². The van der Waals surface area contributed by atoms with E-state index in [0.29, 0.717) is 13.2 Å². The average Bonchev–Trinajstić information content (AvgIpc) is 2.39. The summed E-state index contributed by atoms with van der Waals surface area (Å²) < 4.78 is 18.0. The minimum Gasteiger partial charge on any atom is -0.374 e. The number of hydrogen-bond donors (Lipinski definition) is 0. The molecule has 3 nitrogen and oxygen atoms in total. The van der Waals surface area contributed by atoms with Crippen LogP contribution in [0.2, 0.25) is 6.04 Å². The fraction of sp³-hybridized carbons (Fsp3) is 1.00. The van der Waals surface area contributed by atoms with Gasteiger partial charge in [-0.2, -0.15) is 0 Å². The highest BCUT2D eigenvalue weighted by atomic mass is 32.2. The largest absolute Gasteiger partial charge is 0.501 e. The smallest absolute Gasteiger partial charge is 0.374 e. The van der Waals surface area contributed by atoms with Crippen LogP contribution in [0.3, 0.4) is 0 Å². The first kappa shape index (κ1) is 20.4. The molecule has 122 valence electrons. The lowest BCUT2D eigenvalue weighted by Crippen LogP contribution is -2.47. The quantitative estimate of drug-likeness (QED) is 0.253. The van der Waals surface area contributed by atoms with E-state index in [1.807, 2.05) is 25.6 Å². The summed E-state index contributed by atoms with van der Waals surface area (Å²) in [5.41, 5.74) is 0.160. The summed E-state index contributed by atoms with van der Waals surface area (Å²) in [6.45, 7) is 11.9. The van der Waals surface area contributed by atoms with Gasteiger partial charge in [0.2, 0.25) is 0 Å². The third-order valence-corrected chi connectivity index (χ3v) is 7.52. The molecule has 1 unspecified atom stereocenters. The van der Waals surface area contributed by atoms with E-state index in [2.05, 4.69) is 20.8 Å². The zero-order valence-electron chi connectivity index (χ0n) is 14.1. The molecule has 1 atom stereocenters. The average molecular weight is 323 g/mol. The maximum absolute atomic E-state index is 6.22. The number of hydrogen-bond acceptors (Lipinski definition) is 4. The van der Waals surface area contributed by atoms with Gasteiger partial charge < -0.3 is 13.3 Å². The maximum atomic E-state index is 6.22. The summed E-state index contributed by atoms with van der Waals surface area (Å²) in [5.74, 6) is 1.16. The van der Waals surface area contributed by atoms with Crippen LogP contribution in [-0.2, 0) is 13.3 Å². The first-order valence-electron chi connectivity index (χ1n) is 8.21. The fourth-order valence-electron chi connectivity index (χ4n) is 2.12. The Morgan fingerprint density at radius 2 is 1.55 bits per heavy atom. The molecule has 0 saturated carbocycles. The zero-order chi connectivity index (χ0) is 15.3. The topological polar surface area (TPSA) is 27.7 Å². The molecule has 0 aliphatic carbocycles. The second kappa shape index (κ2) is 13.1. The molecule has 0 bridgehead atoms. The van der Waals surface area contributed by atoms with Crippen LogP contribution in [0.4, 0.5) is 0 Å². The lowest BCUT2D eigenvalue weighted by atomic mass is 10.2. The van der Waals surface area contributed by atoms with Gasteiger partial charge in [-0.05, 0) is 32.9 Å². The first-order chi connectivity index (χ1) is 9.64. The highest BCUT2D eigenvalue weighted by Gasteiger charge is 2.41. The molecule has 0 saturated heterocycles. The minimum atomic E-state index is -2.45. The van der Waals surface area contributed by atoms with Gasteiger partial charge in [0.25, 0.3) is 0 Å². The molecule has 0 aromatic rings. The zero-order valence-corrected chi connectivity index (χ0v) is 15.9. The molecule has 0 rings (SSSR count). The van der Waals surface area contributed by atoms with Gasteiger partial charge in [0.15, 0.2) is 0 Å². The monoisotopic (exact) mass is 322 g/mol. The molecule has 0 amide bonds. The van der Waals surface area contributed by atoms with Crippen LogP contribution >= 0.6 is 11.8 Å². The predicted molar refractivity (Wildman–Crippen MR) is 91.3 cm³/mol. The van der Waals surface area contributed by atoms with Gasteiger partial charge >= 0.3 is 8.80 Å².